The molecule has 0 aliphatic carbocycles. The number of anilines is 2. The van der Waals surface area contributed by atoms with Crippen molar-refractivity contribution in [2.75, 3.05) is 22.1 Å². The molecule has 0 spiro atoms. The van der Waals surface area contributed by atoms with E-state index in [2.05, 4.69) is 25.8 Å². The molecule has 0 unspecified atom stereocenters. The zero-order chi connectivity index (χ0) is 31.3. The highest BCUT2D eigenvalue weighted by atomic mass is 35.5. The number of thioether (sulfide) groups is 2. The van der Waals surface area contributed by atoms with Crippen molar-refractivity contribution in [1.82, 2.24) is 19.7 Å². The molecule has 2 heterocycles. The zero-order valence-corrected chi connectivity index (χ0v) is 27.5. The maximum Gasteiger partial charge on any atom is 0.234 e. The maximum absolute atomic E-state index is 13.0. The largest absolute Gasteiger partial charge is 0.325 e. The highest BCUT2D eigenvalue weighted by Crippen LogP contribution is 2.33. The Balaban J connectivity index is 1.10. The zero-order valence-electron chi connectivity index (χ0n) is 24.3. The fourth-order valence-electron chi connectivity index (χ4n) is 4.67. The number of rotatable bonds is 10. The van der Waals surface area contributed by atoms with Crippen LogP contribution in [0.5, 0.6) is 0 Å². The molecule has 12 heteroatoms. The quantitative estimate of drug-likeness (QED) is 0.141. The lowest BCUT2D eigenvalue weighted by Gasteiger charge is -2.11. The summed E-state index contributed by atoms with van der Waals surface area (Å²) in [6.45, 7) is 3.96. The van der Waals surface area contributed by atoms with Crippen LogP contribution in [-0.4, -0.2) is 43.1 Å². The van der Waals surface area contributed by atoms with Crippen molar-refractivity contribution in [2.24, 2.45) is 0 Å². The van der Waals surface area contributed by atoms with Crippen LogP contribution in [0.4, 0.5) is 11.4 Å². The van der Waals surface area contributed by atoms with Gasteiger partial charge in [-0.25, -0.2) is 4.98 Å². The number of benzene rings is 4. The molecule has 6 rings (SSSR count). The summed E-state index contributed by atoms with van der Waals surface area (Å²) in [7, 11) is 0. The minimum absolute atomic E-state index is 0.0795. The summed E-state index contributed by atoms with van der Waals surface area (Å²) in [6.07, 6.45) is 0. The van der Waals surface area contributed by atoms with Crippen LogP contribution in [0.1, 0.15) is 11.1 Å². The van der Waals surface area contributed by atoms with Crippen LogP contribution in [0.3, 0.4) is 0 Å². The van der Waals surface area contributed by atoms with Crippen molar-refractivity contribution in [3.63, 3.8) is 0 Å². The van der Waals surface area contributed by atoms with Crippen molar-refractivity contribution in [2.45, 2.75) is 23.3 Å². The van der Waals surface area contributed by atoms with Gasteiger partial charge in [0.25, 0.3) is 0 Å². The molecule has 0 radical (unpaired) electrons. The van der Waals surface area contributed by atoms with Gasteiger partial charge in [0.1, 0.15) is 0 Å². The number of thiazole rings is 1. The number of halogens is 1. The van der Waals surface area contributed by atoms with Crippen molar-refractivity contribution in [3.8, 4) is 17.1 Å². The molecule has 8 nitrogen and oxygen atoms in total. The van der Waals surface area contributed by atoms with Gasteiger partial charge in [-0.3, -0.25) is 14.2 Å². The van der Waals surface area contributed by atoms with Gasteiger partial charge in [-0.2, -0.15) is 0 Å². The maximum atomic E-state index is 13.0. The average Bonchev–Trinajstić information content (AvgIpc) is 3.65. The predicted molar refractivity (Wildman–Crippen MR) is 186 cm³/mol. The van der Waals surface area contributed by atoms with Crippen molar-refractivity contribution >= 4 is 79.9 Å². The Bertz CT molecular complexity index is 1990. The summed E-state index contributed by atoms with van der Waals surface area (Å²) in [5.41, 5.74) is 6.02. The summed E-state index contributed by atoms with van der Waals surface area (Å²) in [4.78, 5) is 30.3. The van der Waals surface area contributed by atoms with E-state index in [1.807, 2.05) is 109 Å². The number of aromatic nitrogens is 4. The van der Waals surface area contributed by atoms with Gasteiger partial charge in [0.2, 0.25) is 11.8 Å². The van der Waals surface area contributed by atoms with Gasteiger partial charge < -0.3 is 10.6 Å². The SMILES string of the molecule is Cc1cccc(C)c1NC(=O)CSc1nc2ccc(NC(=O)CSc3nnc(-c4ccccc4Cl)n3-c3ccccc3)cc2s1. The smallest absolute Gasteiger partial charge is 0.234 e. The Labute approximate surface area is 277 Å². The third-order valence-electron chi connectivity index (χ3n) is 6.82. The molecule has 2 aromatic heterocycles. The monoisotopic (exact) mass is 670 g/mol. The van der Waals surface area contributed by atoms with E-state index in [-0.39, 0.29) is 23.3 Å². The van der Waals surface area contributed by atoms with Crippen molar-refractivity contribution < 1.29 is 9.59 Å². The molecule has 2 N–H and O–H groups in total. The first-order chi connectivity index (χ1) is 21.9. The van der Waals surface area contributed by atoms with E-state index in [0.29, 0.717) is 21.7 Å². The molecule has 0 fully saturated rings. The van der Waals surface area contributed by atoms with Crippen molar-refractivity contribution in [1.29, 1.82) is 0 Å². The Morgan fingerprint density at radius 2 is 1.53 bits per heavy atom. The predicted octanol–water partition coefficient (Wildman–Crippen LogP) is 8.28. The normalized spacial score (nSPS) is 11.1. The minimum atomic E-state index is -0.177. The van der Waals surface area contributed by atoms with Crippen LogP contribution >= 0.6 is 46.5 Å². The lowest BCUT2D eigenvalue weighted by molar-refractivity contribution is -0.114. The number of nitrogens with one attached hydrogen (secondary N) is 2. The number of nitrogens with zero attached hydrogens (tertiary/aromatic N) is 4. The van der Waals surface area contributed by atoms with E-state index in [4.69, 9.17) is 11.6 Å². The number of hydrogen-bond acceptors (Lipinski definition) is 8. The van der Waals surface area contributed by atoms with Gasteiger partial charge in [0, 0.05) is 22.6 Å². The number of fused-ring (bicyclic) bond motifs is 1. The van der Waals surface area contributed by atoms with Gasteiger partial charge in [-0.05, 0) is 67.4 Å². The molecule has 0 aliphatic heterocycles. The van der Waals surface area contributed by atoms with Crippen LogP contribution in [0.25, 0.3) is 27.3 Å². The second-order valence-corrected chi connectivity index (χ2v) is 13.7. The number of carbonyl (C=O) groups is 2. The van der Waals surface area contributed by atoms with Crippen LogP contribution in [-0.2, 0) is 9.59 Å². The van der Waals surface area contributed by atoms with Gasteiger partial charge in [0.15, 0.2) is 15.3 Å². The molecule has 45 heavy (non-hydrogen) atoms. The summed E-state index contributed by atoms with van der Waals surface area (Å²) in [5.74, 6) is 0.722. The Morgan fingerprint density at radius 3 is 2.31 bits per heavy atom. The highest BCUT2D eigenvalue weighted by molar-refractivity contribution is 8.01. The van der Waals surface area contributed by atoms with Crippen LogP contribution in [0.2, 0.25) is 5.02 Å². The van der Waals surface area contributed by atoms with Crippen LogP contribution < -0.4 is 10.6 Å². The van der Waals surface area contributed by atoms with Gasteiger partial charge in [-0.1, -0.05) is 83.7 Å². The van der Waals surface area contributed by atoms with E-state index in [9.17, 15) is 9.59 Å². The molecule has 0 saturated carbocycles. The topological polar surface area (TPSA) is 102 Å². The van der Waals surface area contributed by atoms with Crippen molar-refractivity contribution in [3.05, 3.63) is 107 Å². The van der Waals surface area contributed by atoms with Gasteiger partial charge >= 0.3 is 0 Å². The summed E-state index contributed by atoms with van der Waals surface area (Å²) < 4.78 is 3.62. The third-order valence-corrected chi connectivity index (χ3v) is 10.2. The number of aryl methyl sites for hydroxylation is 2. The highest BCUT2D eigenvalue weighted by Gasteiger charge is 2.19. The van der Waals surface area contributed by atoms with Gasteiger partial charge in [-0.15, -0.1) is 21.5 Å². The molecule has 0 aliphatic rings. The van der Waals surface area contributed by atoms with E-state index < -0.39 is 0 Å². The van der Waals surface area contributed by atoms with E-state index in [1.54, 1.807) is 0 Å². The fourth-order valence-corrected chi connectivity index (χ4v) is 7.55. The molecular formula is C33H27ClN6O2S3. The standard InChI is InChI=1S/C33H27ClN6O2S3/c1-20-9-8-10-21(2)30(20)37-29(42)19-44-33-36-26-16-15-22(17-27(26)45-33)35-28(41)18-43-32-39-38-31(24-13-6-7-14-25(24)34)40(32)23-11-4-3-5-12-23/h3-17H,18-19H2,1-2H3,(H,35,41)(H,37,42). The third kappa shape index (κ3) is 7.23. The Kier molecular flexibility index (Phi) is 9.50. The number of carbonyl (C=O) groups excluding carboxylic acids is 2. The number of hydrogen-bond donors (Lipinski definition) is 2. The van der Waals surface area contributed by atoms with Crippen LogP contribution in [0.15, 0.2) is 100 Å². The second-order valence-electron chi connectivity index (χ2n) is 10.1. The van der Waals surface area contributed by atoms with E-state index in [1.165, 1.54) is 34.9 Å². The van der Waals surface area contributed by atoms with E-state index >= 15 is 0 Å². The number of amides is 2. The van der Waals surface area contributed by atoms with E-state index in [0.717, 1.165) is 42.6 Å². The first-order valence-electron chi connectivity index (χ1n) is 13.9. The molecule has 226 valence electrons. The summed E-state index contributed by atoms with van der Waals surface area (Å²) in [5, 5.41) is 15.9. The molecule has 0 atom stereocenters. The molecule has 6 aromatic rings. The molecule has 4 aromatic carbocycles. The lowest BCUT2D eigenvalue weighted by atomic mass is 10.1. The minimum Gasteiger partial charge on any atom is -0.325 e. The molecule has 0 bridgehead atoms. The molecule has 2 amide bonds. The second kappa shape index (κ2) is 13.9. The lowest BCUT2D eigenvalue weighted by Crippen LogP contribution is -2.15. The average molecular weight is 671 g/mol. The van der Waals surface area contributed by atoms with Crippen LogP contribution in [0, 0.1) is 13.8 Å². The molecular weight excluding hydrogens is 644 g/mol. The Morgan fingerprint density at radius 1 is 0.822 bits per heavy atom. The Hall–Kier alpha value is -4.16. The first-order valence-corrected chi connectivity index (χ1v) is 17.1. The summed E-state index contributed by atoms with van der Waals surface area (Å²) >= 11 is 10.7. The number of para-hydroxylation sites is 2. The first kappa shape index (κ1) is 30.8. The summed E-state index contributed by atoms with van der Waals surface area (Å²) in [6, 6.07) is 28.7. The van der Waals surface area contributed by atoms with Gasteiger partial charge in [0.05, 0.1) is 26.7 Å². The molecule has 0 saturated heterocycles. The fraction of sp³-hybridized carbons (Fsp3) is 0.121.